The molecule has 0 spiro atoms. The third-order valence-electron chi connectivity index (χ3n) is 3.93. The number of hydrogen-bond donors (Lipinski definition) is 1. The Hall–Kier alpha value is -0.960. The second-order valence-electron chi connectivity index (χ2n) is 6.26. The van der Waals surface area contributed by atoms with E-state index in [4.69, 9.17) is 34.8 Å². The van der Waals surface area contributed by atoms with Crippen LogP contribution < -0.4 is 5.32 Å². The molecule has 0 bridgehead atoms. The Bertz CT molecular complexity index is 955. The van der Waals surface area contributed by atoms with E-state index < -0.39 is 10.0 Å². The molecule has 0 aliphatic carbocycles. The van der Waals surface area contributed by atoms with E-state index in [9.17, 15) is 13.2 Å². The van der Waals surface area contributed by atoms with Gasteiger partial charge in [0.1, 0.15) is 0 Å². The Balaban J connectivity index is 1.80. The molecular formula is C19H21Cl3N2O3S2. The maximum Gasteiger partial charge on any atom is 0.235 e. The maximum atomic E-state index is 12.2. The van der Waals surface area contributed by atoms with Gasteiger partial charge in [0.05, 0.1) is 12.8 Å². The van der Waals surface area contributed by atoms with Gasteiger partial charge in [-0.2, -0.15) is 16.1 Å². The molecule has 2 aromatic carbocycles. The largest absolute Gasteiger partial charge is 0.354 e. The first kappa shape index (κ1) is 24.3. The minimum atomic E-state index is -3.57. The summed E-state index contributed by atoms with van der Waals surface area (Å²) < 4.78 is 25.2. The predicted octanol–water partition coefficient (Wildman–Crippen LogP) is 4.46. The Morgan fingerprint density at radius 1 is 1.07 bits per heavy atom. The van der Waals surface area contributed by atoms with Crippen LogP contribution in [0.5, 0.6) is 0 Å². The van der Waals surface area contributed by atoms with Crippen molar-refractivity contribution in [3.05, 3.63) is 68.7 Å². The predicted molar refractivity (Wildman–Crippen MR) is 122 cm³/mol. The van der Waals surface area contributed by atoms with Crippen LogP contribution in [0.2, 0.25) is 15.1 Å². The van der Waals surface area contributed by atoms with Crippen molar-refractivity contribution in [2.75, 3.05) is 25.1 Å². The molecule has 158 valence electrons. The number of thioether (sulfide) groups is 1. The Kier molecular flexibility index (Phi) is 9.59. The molecule has 2 aromatic rings. The van der Waals surface area contributed by atoms with Gasteiger partial charge in [-0.25, -0.2) is 8.42 Å². The van der Waals surface area contributed by atoms with E-state index in [1.54, 1.807) is 48.2 Å². The highest BCUT2D eigenvalue weighted by Gasteiger charge is 2.21. The van der Waals surface area contributed by atoms with Gasteiger partial charge < -0.3 is 5.32 Å². The van der Waals surface area contributed by atoms with Crippen molar-refractivity contribution in [3.63, 3.8) is 0 Å². The number of carbonyl (C=O) groups excluding carboxylic acids is 1. The van der Waals surface area contributed by atoms with Gasteiger partial charge in [0.2, 0.25) is 15.9 Å². The zero-order chi connectivity index (χ0) is 21.4. The fourth-order valence-corrected chi connectivity index (χ4v) is 4.74. The fraction of sp³-hybridized carbons (Fsp3) is 0.316. The average Bonchev–Trinajstić information content (AvgIpc) is 2.63. The first-order valence-corrected chi connectivity index (χ1v) is 12.8. The van der Waals surface area contributed by atoms with Crippen LogP contribution in [0.15, 0.2) is 42.5 Å². The first-order valence-electron chi connectivity index (χ1n) is 8.63. The third-order valence-corrected chi connectivity index (χ3v) is 7.09. The molecular weight excluding hydrogens is 475 g/mol. The van der Waals surface area contributed by atoms with E-state index in [0.29, 0.717) is 38.7 Å². The molecule has 10 heteroatoms. The van der Waals surface area contributed by atoms with E-state index in [2.05, 4.69) is 5.32 Å². The molecule has 1 N–H and O–H groups in total. The summed E-state index contributed by atoms with van der Waals surface area (Å²) in [7, 11) is -3.57. The minimum Gasteiger partial charge on any atom is -0.354 e. The normalized spacial score (nSPS) is 11.6. The van der Waals surface area contributed by atoms with Crippen molar-refractivity contribution in [2.24, 2.45) is 0 Å². The molecule has 5 nitrogen and oxygen atoms in total. The third kappa shape index (κ3) is 8.36. The molecule has 1 amide bonds. The highest BCUT2D eigenvalue weighted by Crippen LogP contribution is 2.24. The standard InChI is InChI=1S/C19H21Cl3N2O3S2/c1-29(26,27)24(11-14-4-2-3-5-17(14)21)12-19(25)23-8-9-28-13-15-6-7-16(20)10-18(15)22/h2-7,10H,8-9,11-13H2,1H3,(H,23,25). The molecule has 0 saturated carbocycles. The lowest BCUT2D eigenvalue weighted by atomic mass is 10.2. The van der Waals surface area contributed by atoms with Gasteiger partial charge >= 0.3 is 0 Å². The van der Waals surface area contributed by atoms with Crippen LogP contribution in [0.4, 0.5) is 0 Å². The lowest BCUT2D eigenvalue weighted by molar-refractivity contribution is -0.121. The van der Waals surface area contributed by atoms with Gasteiger partial charge in [0.15, 0.2) is 0 Å². The molecule has 0 unspecified atom stereocenters. The summed E-state index contributed by atoms with van der Waals surface area (Å²) in [6.45, 7) is 0.186. The van der Waals surface area contributed by atoms with E-state index in [1.807, 2.05) is 6.07 Å². The second kappa shape index (κ2) is 11.4. The number of halogens is 3. The van der Waals surface area contributed by atoms with Gasteiger partial charge in [-0.05, 0) is 29.3 Å². The van der Waals surface area contributed by atoms with Gasteiger partial charge in [-0.15, -0.1) is 0 Å². The van der Waals surface area contributed by atoms with Gasteiger partial charge in [0.25, 0.3) is 0 Å². The van der Waals surface area contributed by atoms with Crippen LogP contribution >= 0.6 is 46.6 Å². The number of rotatable bonds is 10. The van der Waals surface area contributed by atoms with Crippen LogP contribution in [-0.4, -0.2) is 43.7 Å². The zero-order valence-electron chi connectivity index (χ0n) is 15.7. The molecule has 0 aliphatic heterocycles. The van der Waals surface area contributed by atoms with Crippen molar-refractivity contribution in [1.82, 2.24) is 9.62 Å². The smallest absolute Gasteiger partial charge is 0.235 e. The van der Waals surface area contributed by atoms with Crippen molar-refractivity contribution in [3.8, 4) is 0 Å². The number of benzene rings is 2. The number of hydrogen-bond acceptors (Lipinski definition) is 4. The monoisotopic (exact) mass is 494 g/mol. The lowest BCUT2D eigenvalue weighted by Crippen LogP contribution is -2.40. The van der Waals surface area contributed by atoms with Crippen LogP contribution in [0.25, 0.3) is 0 Å². The van der Waals surface area contributed by atoms with Crippen LogP contribution in [-0.2, 0) is 27.1 Å². The Morgan fingerprint density at radius 2 is 1.79 bits per heavy atom. The summed E-state index contributed by atoms with van der Waals surface area (Å²) in [5, 5.41) is 4.39. The van der Waals surface area contributed by atoms with Crippen LogP contribution in [0.3, 0.4) is 0 Å². The number of amides is 1. The summed E-state index contributed by atoms with van der Waals surface area (Å²) in [4.78, 5) is 12.2. The number of carbonyl (C=O) groups is 1. The summed E-state index contributed by atoms with van der Waals surface area (Å²) in [5.74, 6) is 0.981. The Labute approximate surface area is 190 Å². The molecule has 0 aromatic heterocycles. The van der Waals surface area contributed by atoms with E-state index >= 15 is 0 Å². The van der Waals surface area contributed by atoms with E-state index in [0.717, 1.165) is 16.1 Å². The maximum absolute atomic E-state index is 12.2. The lowest BCUT2D eigenvalue weighted by Gasteiger charge is -2.20. The van der Waals surface area contributed by atoms with Crippen molar-refractivity contribution >= 4 is 62.5 Å². The van der Waals surface area contributed by atoms with Crippen molar-refractivity contribution in [2.45, 2.75) is 12.3 Å². The van der Waals surface area contributed by atoms with E-state index in [1.165, 1.54) is 0 Å². The van der Waals surface area contributed by atoms with Crippen molar-refractivity contribution in [1.29, 1.82) is 0 Å². The van der Waals surface area contributed by atoms with Gasteiger partial charge in [-0.1, -0.05) is 59.1 Å². The zero-order valence-corrected chi connectivity index (χ0v) is 19.6. The Morgan fingerprint density at radius 3 is 2.45 bits per heavy atom. The van der Waals surface area contributed by atoms with Crippen LogP contribution in [0, 0.1) is 0 Å². The summed E-state index contributed by atoms with van der Waals surface area (Å²) in [6, 6.07) is 12.3. The summed E-state index contributed by atoms with van der Waals surface area (Å²) >= 11 is 19.7. The number of sulfonamides is 1. The molecule has 0 saturated heterocycles. The molecule has 0 fully saturated rings. The molecule has 0 heterocycles. The molecule has 2 rings (SSSR count). The molecule has 0 radical (unpaired) electrons. The minimum absolute atomic E-state index is 0.0374. The van der Waals surface area contributed by atoms with Gasteiger partial charge in [-0.3, -0.25) is 4.79 Å². The second-order valence-corrected chi connectivity index (χ2v) is 10.6. The topological polar surface area (TPSA) is 66.5 Å². The fourth-order valence-electron chi connectivity index (χ4n) is 2.41. The average molecular weight is 496 g/mol. The highest BCUT2D eigenvalue weighted by atomic mass is 35.5. The summed E-state index contributed by atoms with van der Waals surface area (Å²) in [6.07, 6.45) is 1.07. The van der Waals surface area contributed by atoms with E-state index in [-0.39, 0.29) is 19.0 Å². The molecule has 0 atom stereocenters. The first-order chi connectivity index (χ1) is 13.7. The summed E-state index contributed by atoms with van der Waals surface area (Å²) in [5.41, 5.74) is 1.61. The van der Waals surface area contributed by atoms with Crippen LogP contribution in [0.1, 0.15) is 11.1 Å². The molecule has 29 heavy (non-hydrogen) atoms. The number of nitrogens with one attached hydrogen (secondary N) is 1. The number of nitrogens with zero attached hydrogens (tertiary/aromatic N) is 1. The highest BCUT2D eigenvalue weighted by molar-refractivity contribution is 7.98. The van der Waals surface area contributed by atoms with Gasteiger partial charge in [0, 0.05) is 39.7 Å². The SMILES string of the molecule is CS(=O)(=O)N(CC(=O)NCCSCc1ccc(Cl)cc1Cl)Cc1ccccc1Cl. The quantitative estimate of drug-likeness (QED) is 0.494. The van der Waals surface area contributed by atoms with Crippen molar-refractivity contribution < 1.29 is 13.2 Å². The molecule has 0 aliphatic rings.